The topological polar surface area (TPSA) is 90.4 Å². The number of aliphatic hydroxyl groups is 1. The van der Waals surface area contributed by atoms with Crippen molar-refractivity contribution in [2.45, 2.75) is 13.5 Å². The molecule has 0 fully saturated rings. The lowest BCUT2D eigenvalue weighted by Crippen LogP contribution is -2.00. The predicted octanol–water partition coefficient (Wildman–Crippen LogP) is 2.06. The molecular formula is C12H12FN3O4. The van der Waals surface area contributed by atoms with E-state index in [1.54, 1.807) is 14.0 Å². The van der Waals surface area contributed by atoms with Crippen LogP contribution in [-0.2, 0) is 13.7 Å². The Morgan fingerprint density at radius 1 is 1.55 bits per heavy atom. The molecule has 0 aliphatic heterocycles. The molecule has 20 heavy (non-hydrogen) atoms. The molecule has 1 heterocycles. The zero-order chi connectivity index (χ0) is 14.9. The van der Waals surface area contributed by atoms with E-state index in [2.05, 4.69) is 5.10 Å². The molecule has 0 bridgehead atoms. The molecule has 0 saturated heterocycles. The van der Waals surface area contributed by atoms with Crippen LogP contribution in [0.2, 0.25) is 0 Å². The van der Waals surface area contributed by atoms with Crippen molar-refractivity contribution >= 4 is 5.69 Å². The monoisotopic (exact) mass is 281 g/mol. The van der Waals surface area contributed by atoms with E-state index in [9.17, 15) is 19.6 Å². The van der Waals surface area contributed by atoms with E-state index in [0.29, 0.717) is 11.3 Å². The number of ether oxygens (including phenoxy) is 1. The molecule has 0 saturated carbocycles. The molecule has 0 atom stereocenters. The zero-order valence-corrected chi connectivity index (χ0v) is 10.8. The molecule has 2 aromatic rings. The first kappa shape index (κ1) is 13.9. The Labute approximate surface area is 113 Å². The number of rotatable bonds is 4. The third-order valence-electron chi connectivity index (χ3n) is 2.77. The third-order valence-corrected chi connectivity index (χ3v) is 2.77. The van der Waals surface area contributed by atoms with Crippen LogP contribution in [0.15, 0.2) is 18.2 Å². The molecule has 0 unspecified atom stereocenters. The average Bonchev–Trinajstić information content (AvgIpc) is 2.63. The van der Waals surface area contributed by atoms with Gasteiger partial charge in [-0.3, -0.25) is 10.1 Å². The van der Waals surface area contributed by atoms with Gasteiger partial charge in [0.25, 0.3) is 0 Å². The van der Waals surface area contributed by atoms with Gasteiger partial charge in [-0.1, -0.05) is 0 Å². The smallest absolute Gasteiger partial charge is 0.311 e. The molecule has 0 amide bonds. The highest BCUT2D eigenvalue weighted by Crippen LogP contribution is 2.34. The van der Waals surface area contributed by atoms with Crippen LogP contribution in [0, 0.1) is 22.9 Å². The van der Waals surface area contributed by atoms with Crippen molar-refractivity contribution in [2.75, 3.05) is 0 Å². The Kier molecular flexibility index (Phi) is 3.66. The Morgan fingerprint density at radius 3 is 2.85 bits per heavy atom. The quantitative estimate of drug-likeness (QED) is 0.684. The first-order valence-electron chi connectivity index (χ1n) is 5.69. The van der Waals surface area contributed by atoms with Gasteiger partial charge in [-0.25, -0.2) is 9.07 Å². The standard InChI is InChI=1S/C12H12FN3O4/c1-7-9(6-17)12(15(2)14-7)20-11-5-8(13)3-4-10(11)16(18)19/h3-5,17H,6H2,1-2H3. The second kappa shape index (κ2) is 5.25. The fourth-order valence-electron chi connectivity index (χ4n) is 1.82. The van der Waals surface area contributed by atoms with Gasteiger partial charge in [0.15, 0.2) is 0 Å². The molecule has 1 aromatic heterocycles. The molecule has 106 valence electrons. The van der Waals surface area contributed by atoms with Gasteiger partial charge in [-0.2, -0.15) is 5.10 Å². The van der Waals surface area contributed by atoms with Crippen LogP contribution >= 0.6 is 0 Å². The Bertz CT molecular complexity index is 669. The lowest BCUT2D eigenvalue weighted by atomic mass is 10.2. The van der Waals surface area contributed by atoms with Crippen molar-refractivity contribution in [3.8, 4) is 11.6 Å². The molecule has 0 spiro atoms. The zero-order valence-electron chi connectivity index (χ0n) is 10.8. The number of hydrogen-bond donors (Lipinski definition) is 1. The van der Waals surface area contributed by atoms with Crippen LogP contribution in [0.25, 0.3) is 0 Å². The van der Waals surface area contributed by atoms with Crippen LogP contribution in [0.4, 0.5) is 10.1 Å². The number of aromatic nitrogens is 2. The summed E-state index contributed by atoms with van der Waals surface area (Å²) in [6.07, 6.45) is 0. The highest BCUT2D eigenvalue weighted by Gasteiger charge is 2.21. The number of halogens is 1. The van der Waals surface area contributed by atoms with E-state index in [4.69, 9.17) is 4.74 Å². The van der Waals surface area contributed by atoms with Crippen molar-refractivity contribution in [1.82, 2.24) is 9.78 Å². The SMILES string of the molecule is Cc1nn(C)c(Oc2cc(F)ccc2[N+](=O)[O-])c1CO. The van der Waals surface area contributed by atoms with E-state index in [0.717, 1.165) is 18.2 Å². The molecule has 8 heteroatoms. The molecule has 0 aliphatic rings. The molecule has 0 aliphatic carbocycles. The van der Waals surface area contributed by atoms with Crippen molar-refractivity contribution in [1.29, 1.82) is 0 Å². The first-order chi connectivity index (χ1) is 9.43. The van der Waals surface area contributed by atoms with E-state index in [1.165, 1.54) is 4.68 Å². The average molecular weight is 281 g/mol. The van der Waals surface area contributed by atoms with Crippen LogP contribution in [-0.4, -0.2) is 19.8 Å². The summed E-state index contributed by atoms with van der Waals surface area (Å²) in [4.78, 5) is 10.2. The second-order valence-electron chi connectivity index (χ2n) is 4.12. The van der Waals surface area contributed by atoms with Gasteiger partial charge in [0, 0.05) is 19.2 Å². The maximum atomic E-state index is 13.2. The molecule has 2 rings (SSSR count). The molecular weight excluding hydrogens is 269 g/mol. The minimum Gasteiger partial charge on any atom is -0.432 e. The summed E-state index contributed by atoms with van der Waals surface area (Å²) in [5.41, 5.74) is 0.559. The number of nitro benzene ring substituents is 1. The Balaban J connectivity index is 2.49. The molecule has 0 radical (unpaired) electrons. The fraction of sp³-hybridized carbons (Fsp3) is 0.250. The van der Waals surface area contributed by atoms with E-state index in [-0.39, 0.29) is 23.9 Å². The lowest BCUT2D eigenvalue weighted by Gasteiger charge is -2.08. The van der Waals surface area contributed by atoms with Crippen molar-refractivity contribution in [3.63, 3.8) is 0 Å². The number of nitro groups is 1. The molecule has 1 aromatic carbocycles. The number of benzene rings is 1. The highest BCUT2D eigenvalue weighted by molar-refractivity contribution is 5.49. The predicted molar refractivity (Wildman–Crippen MR) is 67.0 cm³/mol. The van der Waals surface area contributed by atoms with E-state index >= 15 is 0 Å². The van der Waals surface area contributed by atoms with Gasteiger partial charge in [-0.15, -0.1) is 0 Å². The summed E-state index contributed by atoms with van der Waals surface area (Å²) in [6, 6.07) is 2.92. The van der Waals surface area contributed by atoms with Gasteiger partial charge in [-0.05, 0) is 13.0 Å². The van der Waals surface area contributed by atoms with Gasteiger partial charge >= 0.3 is 5.69 Å². The molecule has 1 N–H and O–H groups in total. The Hall–Kier alpha value is -2.48. The van der Waals surface area contributed by atoms with Crippen LogP contribution in [0.3, 0.4) is 0 Å². The van der Waals surface area contributed by atoms with Gasteiger partial charge in [0.2, 0.25) is 11.6 Å². The van der Waals surface area contributed by atoms with Gasteiger partial charge in [0.05, 0.1) is 22.8 Å². The van der Waals surface area contributed by atoms with Crippen molar-refractivity contribution in [2.24, 2.45) is 7.05 Å². The number of aryl methyl sites for hydroxylation is 2. The number of nitrogens with zero attached hydrogens (tertiary/aromatic N) is 3. The largest absolute Gasteiger partial charge is 0.432 e. The number of aliphatic hydroxyl groups excluding tert-OH is 1. The van der Waals surface area contributed by atoms with Crippen molar-refractivity contribution in [3.05, 3.63) is 45.4 Å². The third kappa shape index (κ3) is 2.45. The summed E-state index contributed by atoms with van der Waals surface area (Å²) < 4.78 is 19.9. The maximum Gasteiger partial charge on any atom is 0.311 e. The summed E-state index contributed by atoms with van der Waals surface area (Å²) >= 11 is 0. The second-order valence-corrected chi connectivity index (χ2v) is 4.12. The summed E-state index contributed by atoms with van der Waals surface area (Å²) in [7, 11) is 1.56. The molecule has 7 nitrogen and oxygen atoms in total. The highest BCUT2D eigenvalue weighted by atomic mass is 19.1. The fourth-order valence-corrected chi connectivity index (χ4v) is 1.82. The van der Waals surface area contributed by atoms with Crippen LogP contribution in [0.1, 0.15) is 11.3 Å². The minimum atomic E-state index is -0.670. The van der Waals surface area contributed by atoms with Crippen molar-refractivity contribution < 1.29 is 19.2 Å². The van der Waals surface area contributed by atoms with Gasteiger partial charge < -0.3 is 9.84 Å². The lowest BCUT2D eigenvalue weighted by molar-refractivity contribution is -0.385. The van der Waals surface area contributed by atoms with E-state index in [1.807, 2.05) is 0 Å². The summed E-state index contributed by atoms with van der Waals surface area (Å²) in [5.74, 6) is -0.763. The van der Waals surface area contributed by atoms with Gasteiger partial charge in [0.1, 0.15) is 5.82 Å². The summed E-state index contributed by atoms with van der Waals surface area (Å²) in [5, 5.41) is 24.2. The first-order valence-corrected chi connectivity index (χ1v) is 5.69. The van der Waals surface area contributed by atoms with E-state index < -0.39 is 10.7 Å². The number of hydrogen-bond acceptors (Lipinski definition) is 5. The summed E-state index contributed by atoms with van der Waals surface area (Å²) in [6.45, 7) is 1.33. The normalized spacial score (nSPS) is 10.6. The maximum absolute atomic E-state index is 13.2. The minimum absolute atomic E-state index is 0.138. The van der Waals surface area contributed by atoms with Crippen LogP contribution in [0.5, 0.6) is 11.6 Å². The van der Waals surface area contributed by atoms with Crippen LogP contribution < -0.4 is 4.74 Å². The Morgan fingerprint density at radius 2 is 2.25 bits per heavy atom.